The van der Waals surface area contributed by atoms with Crippen molar-refractivity contribution in [3.63, 3.8) is 0 Å². The number of carbonyl (C=O) groups is 1. The third kappa shape index (κ3) is 7.75. The molecule has 0 aromatic heterocycles. The highest BCUT2D eigenvalue weighted by atomic mass is 16.1. The molecule has 1 N–H and O–H groups in total. The molecule has 0 aromatic carbocycles. The Morgan fingerprint density at radius 3 is 2.80 bits per heavy atom. The van der Waals surface area contributed by atoms with Gasteiger partial charge in [0.2, 0.25) is 5.91 Å². The summed E-state index contributed by atoms with van der Waals surface area (Å²) in [7, 11) is 0. The molecule has 3 heteroatoms. The highest BCUT2D eigenvalue weighted by molar-refractivity contribution is 5.92. The minimum atomic E-state index is 0.0143. The molecule has 0 aromatic rings. The molecule has 15 heavy (non-hydrogen) atoms. The molecule has 0 aliphatic rings. The summed E-state index contributed by atoms with van der Waals surface area (Å²) in [5, 5.41) is 11.2. The topological polar surface area (TPSA) is 52.9 Å². The van der Waals surface area contributed by atoms with Gasteiger partial charge in [-0.05, 0) is 26.2 Å². The highest BCUT2D eigenvalue weighted by Crippen LogP contribution is 2.01. The zero-order chi connectivity index (χ0) is 11.5. The van der Waals surface area contributed by atoms with Crippen molar-refractivity contribution in [1.29, 1.82) is 5.26 Å². The Balaban J connectivity index is 3.72. The van der Waals surface area contributed by atoms with Crippen LogP contribution in [0.1, 0.15) is 46.0 Å². The van der Waals surface area contributed by atoms with Crippen LogP contribution in [0.25, 0.3) is 0 Å². The van der Waals surface area contributed by atoms with E-state index in [0.717, 1.165) is 37.8 Å². The largest absolute Gasteiger partial charge is 0.352 e. The van der Waals surface area contributed by atoms with Crippen molar-refractivity contribution >= 4 is 5.91 Å². The number of amides is 1. The third-order valence-corrected chi connectivity index (χ3v) is 2.12. The van der Waals surface area contributed by atoms with Crippen molar-refractivity contribution in [2.24, 2.45) is 0 Å². The quantitative estimate of drug-likeness (QED) is 0.516. The van der Waals surface area contributed by atoms with E-state index in [-0.39, 0.29) is 5.91 Å². The molecule has 0 spiro atoms. The first-order chi connectivity index (χ1) is 7.22. The zero-order valence-corrected chi connectivity index (χ0v) is 9.68. The van der Waals surface area contributed by atoms with Crippen molar-refractivity contribution in [1.82, 2.24) is 5.32 Å². The molecule has 0 unspecified atom stereocenters. The molecule has 84 valence electrons. The summed E-state index contributed by atoms with van der Waals surface area (Å²) in [5.74, 6) is 0.0143. The molecule has 0 saturated heterocycles. The van der Waals surface area contributed by atoms with Crippen molar-refractivity contribution in [2.75, 3.05) is 6.54 Å². The fourth-order valence-electron chi connectivity index (χ4n) is 1.11. The van der Waals surface area contributed by atoms with Gasteiger partial charge in [-0.25, -0.2) is 0 Å². The zero-order valence-electron chi connectivity index (χ0n) is 9.68. The lowest BCUT2D eigenvalue weighted by molar-refractivity contribution is -0.117. The van der Waals surface area contributed by atoms with E-state index in [9.17, 15) is 4.79 Å². The lowest BCUT2D eigenvalue weighted by atomic mass is 10.2. The van der Waals surface area contributed by atoms with Gasteiger partial charge in [-0.3, -0.25) is 4.79 Å². The van der Waals surface area contributed by atoms with E-state index in [1.165, 1.54) is 0 Å². The van der Waals surface area contributed by atoms with E-state index < -0.39 is 0 Å². The predicted molar refractivity (Wildman–Crippen MR) is 61.1 cm³/mol. The number of nitrogens with one attached hydrogen (secondary N) is 1. The van der Waals surface area contributed by atoms with Gasteiger partial charge in [-0.1, -0.05) is 19.4 Å². The molecule has 0 radical (unpaired) electrons. The highest BCUT2D eigenvalue weighted by Gasteiger charge is 2.01. The number of hydrogen-bond acceptors (Lipinski definition) is 2. The smallest absolute Gasteiger partial charge is 0.246 e. The maximum Gasteiger partial charge on any atom is 0.246 e. The molecule has 0 atom stereocenters. The molecule has 0 rings (SSSR count). The van der Waals surface area contributed by atoms with Crippen LogP contribution in [0.15, 0.2) is 11.6 Å². The van der Waals surface area contributed by atoms with E-state index in [1.807, 2.05) is 13.0 Å². The van der Waals surface area contributed by atoms with Gasteiger partial charge >= 0.3 is 0 Å². The molecule has 0 fully saturated rings. The van der Waals surface area contributed by atoms with Crippen molar-refractivity contribution in [3.05, 3.63) is 11.6 Å². The average molecular weight is 208 g/mol. The maximum atomic E-state index is 11.4. The lowest BCUT2D eigenvalue weighted by Crippen LogP contribution is -2.24. The number of nitrogens with zero attached hydrogens (tertiary/aromatic N) is 1. The van der Waals surface area contributed by atoms with Gasteiger partial charge in [-0.15, -0.1) is 0 Å². The first-order valence-corrected chi connectivity index (χ1v) is 5.54. The van der Waals surface area contributed by atoms with Crippen LogP contribution in [0.5, 0.6) is 0 Å². The molecule has 3 nitrogen and oxygen atoms in total. The van der Waals surface area contributed by atoms with Crippen molar-refractivity contribution < 1.29 is 4.79 Å². The van der Waals surface area contributed by atoms with Crippen LogP contribution in [0, 0.1) is 11.3 Å². The summed E-state index contributed by atoms with van der Waals surface area (Å²) < 4.78 is 0. The Hall–Kier alpha value is -1.30. The normalized spacial score (nSPS) is 10.9. The number of hydrogen-bond donors (Lipinski definition) is 1. The second kappa shape index (κ2) is 9.26. The number of allylic oxidation sites excluding steroid dienone is 1. The minimum absolute atomic E-state index is 0.0143. The standard InChI is InChI=1S/C12H20N2O/c1-3-4-10-14-12(15)11(2)8-6-5-7-9-13/h8H,3-7,10H2,1-2H3,(H,14,15)/b11-8+. The van der Waals surface area contributed by atoms with Crippen LogP contribution in [0.3, 0.4) is 0 Å². The van der Waals surface area contributed by atoms with Crippen LogP contribution in [0.2, 0.25) is 0 Å². The molecular formula is C12H20N2O. The lowest BCUT2D eigenvalue weighted by Gasteiger charge is -2.03. The molecule has 0 bridgehead atoms. The Bertz CT molecular complexity index is 251. The Kier molecular flexibility index (Phi) is 8.46. The maximum absolute atomic E-state index is 11.4. The van der Waals surface area contributed by atoms with E-state index in [4.69, 9.17) is 5.26 Å². The summed E-state index contributed by atoms with van der Waals surface area (Å²) in [6, 6.07) is 2.08. The van der Waals surface area contributed by atoms with Crippen LogP contribution < -0.4 is 5.32 Å². The SMILES string of the molecule is CCCCNC(=O)/C(C)=C/CCCC#N. The van der Waals surface area contributed by atoms with E-state index >= 15 is 0 Å². The fraction of sp³-hybridized carbons (Fsp3) is 0.667. The van der Waals surface area contributed by atoms with Gasteiger partial charge < -0.3 is 5.32 Å². The van der Waals surface area contributed by atoms with Crippen molar-refractivity contribution in [3.8, 4) is 6.07 Å². The molecular weight excluding hydrogens is 188 g/mol. The van der Waals surface area contributed by atoms with Crippen LogP contribution in [0.4, 0.5) is 0 Å². The monoisotopic (exact) mass is 208 g/mol. The number of nitriles is 1. The molecule has 0 aliphatic heterocycles. The van der Waals surface area contributed by atoms with Gasteiger partial charge in [0.05, 0.1) is 6.07 Å². The van der Waals surface area contributed by atoms with Gasteiger partial charge in [0.15, 0.2) is 0 Å². The number of unbranched alkanes of at least 4 members (excludes halogenated alkanes) is 3. The Morgan fingerprint density at radius 2 is 2.20 bits per heavy atom. The number of rotatable bonds is 7. The summed E-state index contributed by atoms with van der Waals surface area (Å²) in [6.07, 6.45) is 6.20. The summed E-state index contributed by atoms with van der Waals surface area (Å²) in [4.78, 5) is 11.4. The van der Waals surface area contributed by atoms with Gasteiger partial charge in [0.1, 0.15) is 0 Å². The Morgan fingerprint density at radius 1 is 1.47 bits per heavy atom. The molecule has 0 aliphatic carbocycles. The fourth-order valence-corrected chi connectivity index (χ4v) is 1.11. The van der Waals surface area contributed by atoms with Crippen molar-refractivity contribution in [2.45, 2.75) is 46.0 Å². The number of carbonyl (C=O) groups excluding carboxylic acids is 1. The van der Waals surface area contributed by atoms with E-state index in [0.29, 0.717) is 6.42 Å². The van der Waals surface area contributed by atoms with E-state index in [1.54, 1.807) is 0 Å². The second-order valence-electron chi connectivity index (χ2n) is 3.55. The van der Waals surface area contributed by atoms with Crippen LogP contribution in [-0.2, 0) is 4.79 Å². The summed E-state index contributed by atoms with van der Waals surface area (Å²) in [5.41, 5.74) is 0.754. The first kappa shape index (κ1) is 13.7. The average Bonchev–Trinajstić information content (AvgIpc) is 2.24. The minimum Gasteiger partial charge on any atom is -0.352 e. The van der Waals surface area contributed by atoms with Crippen LogP contribution >= 0.6 is 0 Å². The summed E-state index contributed by atoms with van der Waals surface area (Å²) in [6.45, 7) is 4.66. The Labute approximate surface area is 92.2 Å². The third-order valence-electron chi connectivity index (χ3n) is 2.12. The van der Waals surface area contributed by atoms with Gasteiger partial charge in [0.25, 0.3) is 0 Å². The van der Waals surface area contributed by atoms with E-state index in [2.05, 4.69) is 18.3 Å². The molecule has 0 heterocycles. The van der Waals surface area contributed by atoms with Gasteiger partial charge in [-0.2, -0.15) is 5.26 Å². The van der Waals surface area contributed by atoms with Gasteiger partial charge in [0, 0.05) is 18.5 Å². The second-order valence-corrected chi connectivity index (χ2v) is 3.55. The summed E-state index contributed by atoms with van der Waals surface area (Å²) >= 11 is 0. The predicted octanol–water partition coefficient (Wildman–Crippen LogP) is 2.54. The molecule has 1 amide bonds. The first-order valence-electron chi connectivity index (χ1n) is 5.54. The van der Waals surface area contributed by atoms with Crippen LogP contribution in [-0.4, -0.2) is 12.5 Å². The molecule has 0 saturated carbocycles.